The minimum absolute atomic E-state index is 0. The number of pyridine rings is 1. The number of hydrogen-bond acceptors (Lipinski definition) is 5. The summed E-state index contributed by atoms with van der Waals surface area (Å²) in [6, 6.07) is 11.9. The number of nitrogens with zero attached hydrogens (tertiary/aromatic N) is 2. The Morgan fingerprint density at radius 2 is 2.19 bits per heavy atom. The average Bonchev–Trinajstić information content (AvgIpc) is 2.67. The second-order valence-electron chi connectivity index (χ2n) is 6.04. The predicted molar refractivity (Wildman–Crippen MR) is 105 cm³/mol. The van der Waals surface area contributed by atoms with E-state index in [-0.39, 0.29) is 24.4 Å². The molecule has 1 amide bonds. The summed E-state index contributed by atoms with van der Waals surface area (Å²) in [7, 11) is 1.70. The van der Waals surface area contributed by atoms with Gasteiger partial charge in [0.2, 0.25) is 5.91 Å². The molecular weight excluding hydrogens is 352 g/mol. The van der Waals surface area contributed by atoms with Crippen LogP contribution in [0.3, 0.4) is 0 Å². The SMILES string of the molecule is COc1ccccc1C1CNCCN1CCC(=O)Nc1cccnc1.Cl. The molecule has 6 nitrogen and oxygen atoms in total. The lowest BCUT2D eigenvalue weighted by atomic mass is 10.0. The highest BCUT2D eigenvalue weighted by Gasteiger charge is 2.26. The molecular formula is C19H25ClN4O2. The van der Waals surface area contributed by atoms with Crippen LogP contribution in [0.25, 0.3) is 0 Å². The van der Waals surface area contributed by atoms with Gasteiger partial charge >= 0.3 is 0 Å². The van der Waals surface area contributed by atoms with Gasteiger partial charge in [-0.3, -0.25) is 14.7 Å². The van der Waals surface area contributed by atoms with Gasteiger partial charge in [0.25, 0.3) is 0 Å². The van der Waals surface area contributed by atoms with E-state index in [4.69, 9.17) is 4.74 Å². The van der Waals surface area contributed by atoms with E-state index in [9.17, 15) is 4.79 Å². The number of piperazine rings is 1. The van der Waals surface area contributed by atoms with E-state index in [0.29, 0.717) is 13.0 Å². The molecule has 7 heteroatoms. The Kier molecular flexibility index (Phi) is 7.84. The number of carbonyl (C=O) groups excluding carboxylic acids is 1. The maximum absolute atomic E-state index is 12.2. The summed E-state index contributed by atoms with van der Waals surface area (Å²) in [6.07, 6.45) is 3.79. The molecule has 1 aromatic carbocycles. The second-order valence-corrected chi connectivity index (χ2v) is 6.04. The third-order valence-corrected chi connectivity index (χ3v) is 4.42. The zero-order chi connectivity index (χ0) is 17.5. The van der Waals surface area contributed by atoms with Crippen LogP contribution in [-0.2, 0) is 4.79 Å². The Hall–Kier alpha value is -2.15. The summed E-state index contributed by atoms with van der Waals surface area (Å²) in [5.74, 6) is 0.895. The summed E-state index contributed by atoms with van der Waals surface area (Å²) in [4.78, 5) is 18.6. The van der Waals surface area contributed by atoms with Gasteiger partial charge in [-0.15, -0.1) is 12.4 Å². The number of aromatic nitrogens is 1. The van der Waals surface area contributed by atoms with Crippen LogP contribution in [-0.4, -0.2) is 49.1 Å². The molecule has 140 valence electrons. The van der Waals surface area contributed by atoms with Crippen molar-refractivity contribution in [3.63, 3.8) is 0 Å². The van der Waals surface area contributed by atoms with Gasteiger partial charge in [-0.2, -0.15) is 0 Å². The number of benzene rings is 1. The molecule has 0 bridgehead atoms. The molecule has 2 aromatic rings. The molecule has 26 heavy (non-hydrogen) atoms. The molecule has 2 heterocycles. The van der Waals surface area contributed by atoms with Gasteiger partial charge in [0.1, 0.15) is 5.75 Å². The van der Waals surface area contributed by atoms with E-state index in [0.717, 1.165) is 36.6 Å². The topological polar surface area (TPSA) is 66.5 Å². The van der Waals surface area contributed by atoms with E-state index in [2.05, 4.69) is 26.6 Å². The van der Waals surface area contributed by atoms with E-state index in [1.165, 1.54) is 0 Å². The summed E-state index contributed by atoms with van der Waals surface area (Å²) in [6.45, 7) is 3.39. The van der Waals surface area contributed by atoms with Crippen molar-refractivity contribution in [2.45, 2.75) is 12.5 Å². The Bertz CT molecular complexity index is 699. The highest BCUT2D eigenvalue weighted by atomic mass is 35.5. The van der Waals surface area contributed by atoms with Gasteiger partial charge in [-0.25, -0.2) is 0 Å². The summed E-state index contributed by atoms with van der Waals surface area (Å²) in [5.41, 5.74) is 1.89. The third kappa shape index (κ3) is 5.17. The lowest BCUT2D eigenvalue weighted by Crippen LogP contribution is -2.46. The number of halogens is 1. The van der Waals surface area contributed by atoms with Gasteiger partial charge in [-0.05, 0) is 18.2 Å². The minimum atomic E-state index is 0. The first-order valence-corrected chi connectivity index (χ1v) is 8.55. The molecule has 3 rings (SSSR count). The first-order chi connectivity index (χ1) is 12.3. The number of amides is 1. The molecule has 0 saturated carbocycles. The smallest absolute Gasteiger partial charge is 0.225 e. The van der Waals surface area contributed by atoms with Crippen LogP contribution >= 0.6 is 12.4 Å². The fourth-order valence-corrected chi connectivity index (χ4v) is 3.17. The summed E-state index contributed by atoms with van der Waals surface area (Å²) in [5, 5.41) is 6.33. The van der Waals surface area contributed by atoms with Gasteiger partial charge in [0, 0.05) is 44.4 Å². The Labute approximate surface area is 160 Å². The van der Waals surface area contributed by atoms with E-state index < -0.39 is 0 Å². The van der Waals surface area contributed by atoms with Crippen molar-refractivity contribution in [2.24, 2.45) is 0 Å². The number of anilines is 1. The first-order valence-electron chi connectivity index (χ1n) is 8.55. The van der Waals surface area contributed by atoms with Crippen LogP contribution in [0, 0.1) is 0 Å². The molecule has 1 aliphatic heterocycles. The van der Waals surface area contributed by atoms with E-state index >= 15 is 0 Å². The molecule has 1 atom stereocenters. The zero-order valence-electron chi connectivity index (χ0n) is 14.9. The van der Waals surface area contributed by atoms with Crippen LogP contribution in [0.2, 0.25) is 0 Å². The zero-order valence-corrected chi connectivity index (χ0v) is 15.7. The van der Waals surface area contributed by atoms with Gasteiger partial charge in [0.05, 0.1) is 25.0 Å². The van der Waals surface area contributed by atoms with Crippen LogP contribution in [0.1, 0.15) is 18.0 Å². The quantitative estimate of drug-likeness (QED) is 0.810. The van der Waals surface area contributed by atoms with Crippen LogP contribution in [0.4, 0.5) is 5.69 Å². The van der Waals surface area contributed by atoms with E-state index in [1.807, 2.05) is 30.3 Å². The Morgan fingerprint density at radius 1 is 1.35 bits per heavy atom. The molecule has 2 N–H and O–H groups in total. The summed E-state index contributed by atoms with van der Waals surface area (Å²) >= 11 is 0. The monoisotopic (exact) mass is 376 g/mol. The molecule has 1 fully saturated rings. The highest BCUT2D eigenvalue weighted by Crippen LogP contribution is 2.30. The lowest BCUT2D eigenvalue weighted by Gasteiger charge is -2.37. The maximum atomic E-state index is 12.2. The fourth-order valence-electron chi connectivity index (χ4n) is 3.17. The standard InChI is InChI=1S/C19H24N4O2.ClH/c1-25-18-7-3-2-6-16(18)17-14-21-10-12-23(17)11-8-19(24)22-15-5-4-9-20-13-15;/h2-7,9,13,17,21H,8,10-12,14H2,1H3,(H,22,24);1H. The van der Waals surface area contributed by atoms with Crippen molar-refractivity contribution < 1.29 is 9.53 Å². The normalized spacial score (nSPS) is 17.2. The van der Waals surface area contributed by atoms with Crippen LogP contribution in [0.15, 0.2) is 48.8 Å². The maximum Gasteiger partial charge on any atom is 0.225 e. The van der Waals surface area contributed by atoms with Gasteiger partial charge < -0.3 is 15.4 Å². The highest BCUT2D eigenvalue weighted by molar-refractivity contribution is 5.90. The van der Waals surface area contributed by atoms with Crippen molar-refractivity contribution in [3.8, 4) is 5.75 Å². The number of hydrogen-bond donors (Lipinski definition) is 2. The molecule has 1 saturated heterocycles. The molecule has 0 spiro atoms. The molecule has 0 radical (unpaired) electrons. The molecule has 1 unspecified atom stereocenters. The average molecular weight is 377 g/mol. The summed E-state index contributed by atoms with van der Waals surface area (Å²) < 4.78 is 5.51. The fraction of sp³-hybridized carbons (Fsp3) is 0.368. The van der Waals surface area contributed by atoms with Crippen molar-refractivity contribution in [1.82, 2.24) is 15.2 Å². The predicted octanol–water partition coefficient (Wildman–Crippen LogP) is 2.49. The second kappa shape index (κ2) is 10.1. The number of methoxy groups -OCH3 is 1. The van der Waals surface area contributed by atoms with Crippen molar-refractivity contribution in [3.05, 3.63) is 54.4 Å². The molecule has 0 aliphatic carbocycles. The number of nitrogens with one attached hydrogen (secondary N) is 2. The molecule has 1 aliphatic rings. The third-order valence-electron chi connectivity index (χ3n) is 4.42. The number of carbonyl (C=O) groups is 1. The van der Waals surface area contributed by atoms with Crippen molar-refractivity contribution in [1.29, 1.82) is 0 Å². The molecule has 1 aromatic heterocycles. The van der Waals surface area contributed by atoms with Gasteiger partial charge in [0.15, 0.2) is 0 Å². The van der Waals surface area contributed by atoms with Crippen LogP contribution < -0.4 is 15.4 Å². The minimum Gasteiger partial charge on any atom is -0.496 e. The van der Waals surface area contributed by atoms with Crippen LogP contribution in [0.5, 0.6) is 5.75 Å². The number of para-hydroxylation sites is 1. The van der Waals surface area contributed by atoms with Crippen molar-refractivity contribution >= 4 is 24.0 Å². The lowest BCUT2D eigenvalue weighted by molar-refractivity contribution is -0.116. The van der Waals surface area contributed by atoms with Crippen molar-refractivity contribution in [2.75, 3.05) is 38.6 Å². The number of rotatable bonds is 6. The first kappa shape index (κ1) is 20.2. The largest absolute Gasteiger partial charge is 0.496 e. The van der Waals surface area contributed by atoms with Gasteiger partial charge in [-0.1, -0.05) is 18.2 Å². The van der Waals surface area contributed by atoms with E-state index in [1.54, 1.807) is 19.5 Å². The number of ether oxygens (including phenoxy) is 1. The Balaban J connectivity index is 0.00000243. The Morgan fingerprint density at radius 3 is 2.96 bits per heavy atom.